The van der Waals surface area contributed by atoms with Gasteiger partial charge in [0, 0.05) is 44.8 Å². The second-order valence-corrected chi connectivity index (χ2v) is 7.61. The zero-order valence-corrected chi connectivity index (χ0v) is 17.8. The molecule has 1 amide bonds. The number of carbonyl (C=O) groups is 1. The van der Waals surface area contributed by atoms with Gasteiger partial charge < -0.3 is 16.0 Å². The van der Waals surface area contributed by atoms with Crippen LogP contribution in [-0.4, -0.2) is 56.0 Å². The average molecular weight is 408 g/mol. The minimum absolute atomic E-state index is 0.0298. The fourth-order valence-electron chi connectivity index (χ4n) is 3.78. The number of benzene rings is 2. The number of rotatable bonds is 9. The van der Waals surface area contributed by atoms with Crippen LogP contribution in [0.4, 0.5) is 0 Å². The summed E-state index contributed by atoms with van der Waals surface area (Å²) >= 11 is 0. The third kappa shape index (κ3) is 6.88. The molecule has 0 bridgehead atoms. The summed E-state index contributed by atoms with van der Waals surface area (Å²) in [6.07, 6.45) is 3.29. The van der Waals surface area contributed by atoms with Crippen LogP contribution in [0, 0.1) is 0 Å². The van der Waals surface area contributed by atoms with Gasteiger partial charge in [-0.2, -0.15) is 0 Å². The lowest BCUT2D eigenvalue weighted by Crippen LogP contribution is -2.45. The number of hydrogen-bond donors (Lipinski definition) is 3. The van der Waals surface area contributed by atoms with E-state index in [1.807, 2.05) is 30.3 Å². The van der Waals surface area contributed by atoms with Crippen molar-refractivity contribution < 1.29 is 4.79 Å². The first-order valence-corrected chi connectivity index (χ1v) is 10.8. The highest BCUT2D eigenvalue weighted by Crippen LogP contribution is 2.19. The van der Waals surface area contributed by atoms with Crippen molar-refractivity contribution in [3.05, 3.63) is 71.8 Å². The van der Waals surface area contributed by atoms with Crippen LogP contribution in [0.1, 0.15) is 35.2 Å². The third-order valence-corrected chi connectivity index (χ3v) is 5.42. The van der Waals surface area contributed by atoms with Gasteiger partial charge in [-0.15, -0.1) is 0 Å². The highest BCUT2D eigenvalue weighted by Gasteiger charge is 2.24. The van der Waals surface area contributed by atoms with E-state index in [0.29, 0.717) is 18.2 Å². The van der Waals surface area contributed by atoms with Crippen molar-refractivity contribution in [3.63, 3.8) is 0 Å². The summed E-state index contributed by atoms with van der Waals surface area (Å²) in [5.41, 5.74) is 2.06. The van der Waals surface area contributed by atoms with E-state index in [4.69, 9.17) is 0 Å². The van der Waals surface area contributed by atoms with Crippen LogP contribution < -0.4 is 16.0 Å². The van der Waals surface area contributed by atoms with Crippen molar-refractivity contribution in [2.24, 2.45) is 4.99 Å². The summed E-state index contributed by atoms with van der Waals surface area (Å²) in [6.45, 7) is 4.42. The fourth-order valence-corrected chi connectivity index (χ4v) is 3.78. The molecular formula is C24H33N5O. The van der Waals surface area contributed by atoms with Crippen LogP contribution in [-0.2, 0) is 6.54 Å². The van der Waals surface area contributed by atoms with E-state index < -0.39 is 0 Å². The minimum Gasteiger partial charge on any atom is -0.356 e. The second-order valence-electron chi connectivity index (χ2n) is 7.61. The molecule has 0 saturated carbocycles. The summed E-state index contributed by atoms with van der Waals surface area (Å²) in [7, 11) is 1.79. The molecule has 6 nitrogen and oxygen atoms in total. The van der Waals surface area contributed by atoms with Gasteiger partial charge in [0.15, 0.2) is 5.96 Å². The minimum atomic E-state index is -0.0298. The predicted molar refractivity (Wildman–Crippen MR) is 123 cm³/mol. The van der Waals surface area contributed by atoms with Gasteiger partial charge in [0.05, 0.1) is 0 Å². The van der Waals surface area contributed by atoms with Crippen LogP contribution in [0.15, 0.2) is 65.7 Å². The molecule has 1 saturated heterocycles. The van der Waals surface area contributed by atoms with Crippen LogP contribution >= 0.6 is 0 Å². The van der Waals surface area contributed by atoms with Gasteiger partial charge in [0.2, 0.25) is 0 Å². The molecule has 160 valence electrons. The Hall–Kier alpha value is -2.86. The Morgan fingerprint density at radius 3 is 2.43 bits per heavy atom. The van der Waals surface area contributed by atoms with Gasteiger partial charge in [-0.25, -0.2) is 0 Å². The Bertz CT molecular complexity index is 794. The maximum atomic E-state index is 12.0. The summed E-state index contributed by atoms with van der Waals surface area (Å²) < 4.78 is 0. The molecule has 0 spiro atoms. The Balaban J connectivity index is 1.33. The quantitative estimate of drug-likeness (QED) is 0.340. The normalized spacial score (nSPS) is 17.0. The van der Waals surface area contributed by atoms with Crippen LogP contribution in [0.3, 0.4) is 0 Å². The average Bonchev–Trinajstić information content (AvgIpc) is 3.23. The van der Waals surface area contributed by atoms with E-state index in [1.165, 1.54) is 18.4 Å². The van der Waals surface area contributed by atoms with E-state index in [-0.39, 0.29) is 5.91 Å². The molecule has 1 atom stereocenters. The Kier molecular flexibility index (Phi) is 8.72. The molecule has 2 aromatic carbocycles. The molecule has 0 aliphatic carbocycles. The second kappa shape index (κ2) is 12.0. The van der Waals surface area contributed by atoms with E-state index in [9.17, 15) is 4.79 Å². The predicted octanol–water partition coefficient (Wildman–Crippen LogP) is 2.64. The Labute approximate surface area is 179 Å². The number of guanidine groups is 1. The van der Waals surface area contributed by atoms with Crippen LogP contribution in [0.5, 0.6) is 0 Å². The van der Waals surface area contributed by atoms with Crippen LogP contribution in [0.2, 0.25) is 0 Å². The Morgan fingerprint density at radius 1 is 1.00 bits per heavy atom. The van der Waals surface area contributed by atoms with Crippen molar-refractivity contribution in [2.75, 3.05) is 33.2 Å². The molecule has 6 heteroatoms. The number of carbonyl (C=O) groups excluding carboxylic acids is 1. The van der Waals surface area contributed by atoms with Crippen molar-refractivity contribution >= 4 is 11.9 Å². The first-order chi connectivity index (χ1) is 14.8. The summed E-state index contributed by atoms with van der Waals surface area (Å²) in [6, 6.07) is 20.5. The number of aliphatic imine (C=N–C) groups is 1. The summed E-state index contributed by atoms with van der Waals surface area (Å²) in [5, 5.41) is 9.75. The van der Waals surface area contributed by atoms with Gasteiger partial charge in [-0.1, -0.05) is 48.5 Å². The van der Waals surface area contributed by atoms with Gasteiger partial charge in [-0.3, -0.25) is 14.7 Å². The zero-order valence-electron chi connectivity index (χ0n) is 17.8. The van der Waals surface area contributed by atoms with E-state index in [0.717, 1.165) is 38.6 Å². The zero-order chi connectivity index (χ0) is 21.0. The number of nitrogens with zero attached hydrogens (tertiary/aromatic N) is 2. The molecule has 0 aromatic heterocycles. The summed E-state index contributed by atoms with van der Waals surface area (Å²) in [4.78, 5) is 18.9. The van der Waals surface area contributed by atoms with E-state index in [2.05, 4.69) is 56.2 Å². The molecule has 2 aromatic rings. The van der Waals surface area contributed by atoms with Gasteiger partial charge >= 0.3 is 0 Å². The fraction of sp³-hybridized carbons (Fsp3) is 0.417. The molecule has 1 fully saturated rings. The lowest BCUT2D eigenvalue weighted by Gasteiger charge is -2.25. The van der Waals surface area contributed by atoms with Crippen molar-refractivity contribution in [1.29, 1.82) is 0 Å². The Morgan fingerprint density at radius 2 is 1.70 bits per heavy atom. The van der Waals surface area contributed by atoms with Gasteiger partial charge in [0.25, 0.3) is 5.91 Å². The van der Waals surface area contributed by atoms with Crippen molar-refractivity contribution in [2.45, 2.75) is 31.8 Å². The summed E-state index contributed by atoms with van der Waals surface area (Å²) in [5.74, 6) is 0.786. The molecule has 1 unspecified atom stereocenters. The standard InChI is InChI=1S/C24H33N5O/c1-25-24(27-16-9-15-26-23(30)21-12-6-3-7-13-21)28-18-22-14-8-17-29(22)19-20-10-4-2-5-11-20/h2-7,10-13,22H,8-9,14-19H2,1H3,(H,26,30)(H2,25,27,28). The maximum absolute atomic E-state index is 12.0. The smallest absolute Gasteiger partial charge is 0.251 e. The molecule has 3 N–H and O–H groups in total. The monoisotopic (exact) mass is 407 g/mol. The number of hydrogen-bond acceptors (Lipinski definition) is 3. The molecule has 0 radical (unpaired) electrons. The highest BCUT2D eigenvalue weighted by atomic mass is 16.1. The third-order valence-electron chi connectivity index (χ3n) is 5.42. The highest BCUT2D eigenvalue weighted by molar-refractivity contribution is 5.94. The molecule has 1 heterocycles. The lowest BCUT2D eigenvalue weighted by atomic mass is 10.2. The topological polar surface area (TPSA) is 68.8 Å². The number of likely N-dealkylation sites (tertiary alicyclic amines) is 1. The van der Waals surface area contributed by atoms with Gasteiger partial charge in [0.1, 0.15) is 0 Å². The molecular weight excluding hydrogens is 374 g/mol. The lowest BCUT2D eigenvalue weighted by molar-refractivity contribution is 0.0953. The van der Waals surface area contributed by atoms with Gasteiger partial charge in [-0.05, 0) is 43.5 Å². The van der Waals surface area contributed by atoms with Crippen molar-refractivity contribution in [3.8, 4) is 0 Å². The van der Waals surface area contributed by atoms with Crippen LogP contribution in [0.25, 0.3) is 0 Å². The molecule has 30 heavy (non-hydrogen) atoms. The molecule has 1 aliphatic rings. The maximum Gasteiger partial charge on any atom is 0.251 e. The molecule has 3 rings (SSSR count). The number of amides is 1. The first-order valence-electron chi connectivity index (χ1n) is 10.8. The van der Waals surface area contributed by atoms with E-state index in [1.54, 1.807) is 7.05 Å². The van der Waals surface area contributed by atoms with E-state index >= 15 is 0 Å². The van der Waals surface area contributed by atoms with Crippen molar-refractivity contribution in [1.82, 2.24) is 20.9 Å². The number of nitrogens with one attached hydrogen (secondary N) is 3. The first kappa shape index (κ1) is 21.8. The molecule has 1 aliphatic heterocycles. The SMILES string of the molecule is CN=C(NCCCNC(=O)c1ccccc1)NCC1CCCN1Cc1ccccc1. The largest absolute Gasteiger partial charge is 0.356 e.